The minimum atomic E-state index is -0.0119. The number of amides is 1. The van der Waals surface area contributed by atoms with Crippen LogP contribution < -0.4 is 10.6 Å². The number of hydrogen-bond acceptors (Lipinski definition) is 3. The van der Waals surface area contributed by atoms with Crippen LogP contribution in [0.3, 0.4) is 0 Å². The van der Waals surface area contributed by atoms with E-state index in [2.05, 4.69) is 22.5 Å². The average molecular weight is 185 g/mol. The van der Waals surface area contributed by atoms with Gasteiger partial charge in [-0.3, -0.25) is 9.69 Å². The van der Waals surface area contributed by atoms with Gasteiger partial charge in [-0.25, -0.2) is 0 Å². The van der Waals surface area contributed by atoms with Gasteiger partial charge in [-0.15, -0.1) is 0 Å². The van der Waals surface area contributed by atoms with Crippen molar-refractivity contribution < 1.29 is 4.79 Å². The summed E-state index contributed by atoms with van der Waals surface area (Å²) in [6, 6.07) is 0.527. The molecule has 1 aliphatic heterocycles. The lowest BCUT2D eigenvalue weighted by Crippen LogP contribution is -2.61. The first-order valence-corrected chi connectivity index (χ1v) is 4.88. The quantitative estimate of drug-likeness (QED) is 0.615. The molecule has 1 aliphatic rings. The van der Waals surface area contributed by atoms with Gasteiger partial charge >= 0.3 is 0 Å². The first-order valence-electron chi connectivity index (χ1n) is 4.88. The molecular weight excluding hydrogens is 166 g/mol. The van der Waals surface area contributed by atoms with E-state index >= 15 is 0 Å². The molecule has 4 nitrogen and oxygen atoms in total. The second kappa shape index (κ2) is 4.58. The fourth-order valence-electron chi connectivity index (χ4n) is 1.72. The summed E-state index contributed by atoms with van der Waals surface area (Å²) >= 11 is 0. The lowest BCUT2D eigenvalue weighted by atomic mass is 10.1. The standard InChI is InChI=1S/C9H19N3O/c1-4-12(8-5-11-6-8)7(2)9(13)10-3/h7-8,11H,4-6H2,1-3H3,(H,10,13). The van der Waals surface area contributed by atoms with Crippen LogP contribution >= 0.6 is 0 Å². The molecule has 0 saturated carbocycles. The highest BCUT2D eigenvalue weighted by Gasteiger charge is 2.29. The van der Waals surface area contributed by atoms with Crippen LogP contribution in [0.2, 0.25) is 0 Å². The first kappa shape index (κ1) is 10.5. The van der Waals surface area contributed by atoms with E-state index in [0.29, 0.717) is 6.04 Å². The van der Waals surface area contributed by atoms with Gasteiger partial charge in [0.2, 0.25) is 5.91 Å². The largest absolute Gasteiger partial charge is 0.358 e. The third-order valence-electron chi connectivity index (χ3n) is 2.72. The third kappa shape index (κ3) is 2.19. The predicted octanol–water partition coefficient (Wildman–Crippen LogP) is -0.585. The summed E-state index contributed by atoms with van der Waals surface area (Å²) in [5.74, 6) is 0.105. The van der Waals surface area contributed by atoms with Crippen LogP contribution in [-0.2, 0) is 4.79 Å². The Kier molecular flexibility index (Phi) is 3.69. The number of rotatable bonds is 4. The Morgan fingerprint density at radius 3 is 2.62 bits per heavy atom. The molecule has 0 aromatic rings. The number of likely N-dealkylation sites (N-methyl/N-ethyl adjacent to an activating group) is 2. The van der Waals surface area contributed by atoms with Crippen molar-refractivity contribution >= 4 is 5.91 Å². The lowest BCUT2D eigenvalue weighted by Gasteiger charge is -2.40. The smallest absolute Gasteiger partial charge is 0.236 e. The molecule has 1 atom stereocenters. The Hall–Kier alpha value is -0.610. The molecule has 0 aliphatic carbocycles. The zero-order valence-electron chi connectivity index (χ0n) is 8.63. The van der Waals surface area contributed by atoms with E-state index in [-0.39, 0.29) is 11.9 Å². The van der Waals surface area contributed by atoms with Crippen LogP contribution in [0.15, 0.2) is 0 Å². The summed E-state index contributed by atoms with van der Waals surface area (Å²) in [6.07, 6.45) is 0. The highest BCUT2D eigenvalue weighted by molar-refractivity contribution is 5.81. The number of carbonyl (C=O) groups excluding carboxylic acids is 1. The summed E-state index contributed by atoms with van der Waals surface area (Å²) in [5, 5.41) is 5.90. The Bertz CT molecular complexity index is 180. The second-order valence-electron chi connectivity index (χ2n) is 3.43. The predicted molar refractivity (Wildman–Crippen MR) is 52.6 cm³/mol. The Labute approximate surface area is 79.7 Å². The van der Waals surface area contributed by atoms with E-state index in [4.69, 9.17) is 0 Å². The molecule has 1 unspecified atom stereocenters. The maximum atomic E-state index is 11.4. The van der Waals surface area contributed by atoms with Gasteiger partial charge in [0.15, 0.2) is 0 Å². The molecule has 1 saturated heterocycles. The second-order valence-corrected chi connectivity index (χ2v) is 3.43. The van der Waals surface area contributed by atoms with E-state index in [0.717, 1.165) is 19.6 Å². The Morgan fingerprint density at radius 1 is 1.69 bits per heavy atom. The van der Waals surface area contributed by atoms with Crippen molar-refractivity contribution in [2.45, 2.75) is 25.9 Å². The molecule has 0 spiro atoms. The van der Waals surface area contributed by atoms with Gasteiger partial charge in [-0.1, -0.05) is 6.92 Å². The van der Waals surface area contributed by atoms with E-state index in [1.807, 2.05) is 6.92 Å². The van der Waals surface area contributed by atoms with Crippen molar-refractivity contribution in [1.29, 1.82) is 0 Å². The molecule has 2 N–H and O–H groups in total. The molecule has 0 bridgehead atoms. The summed E-state index contributed by atoms with van der Waals surface area (Å²) in [5.41, 5.74) is 0. The molecule has 76 valence electrons. The maximum Gasteiger partial charge on any atom is 0.236 e. The fourth-order valence-corrected chi connectivity index (χ4v) is 1.72. The van der Waals surface area contributed by atoms with Gasteiger partial charge < -0.3 is 10.6 Å². The van der Waals surface area contributed by atoms with E-state index in [1.165, 1.54) is 0 Å². The number of hydrogen-bond donors (Lipinski definition) is 2. The minimum Gasteiger partial charge on any atom is -0.358 e. The lowest BCUT2D eigenvalue weighted by molar-refractivity contribution is -0.126. The van der Waals surface area contributed by atoms with Crippen LogP contribution in [0.1, 0.15) is 13.8 Å². The number of nitrogens with one attached hydrogen (secondary N) is 2. The normalized spacial score (nSPS) is 19.7. The summed E-state index contributed by atoms with van der Waals surface area (Å²) < 4.78 is 0. The minimum absolute atomic E-state index is 0.0119. The van der Waals surface area contributed by atoms with Crippen LogP contribution in [-0.4, -0.2) is 49.6 Å². The molecule has 1 heterocycles. The molecule has 1 rings (SSSR count). The van der Waals surface area contributed by atoms with Crippen molar-refractivity contribution in [1.82, 2.24) is 15.5 Å². The monoisotopic (exact) mass is 185 g/mol. The number of carbonyl (C=O) groups is 1. The third-order valence-corrected chi connectivity index (χ3v) is 2.72. The van der Waals surface area contributed by atoms with E-state index < -0.39 is 0 Å². The molecule has 0 radical (unpaired) electrons. The zero-order chi connectivity index (χ0) is 9.84. The Morgan fingerprint density at radius 2 is 2.31 bits per heavy atom. The van der Waals surface area contributed by atoms with Crippen molar-refractivity contribution in [3.05, 3.63) is 0 Å². The number of nitrogens with zero attached hydrogens (tertiary/aromatic N) is 1. The van der Waals surface area contributed by atoms with Gasteiger partial charge in [0.05, 0.1) is 6.04 Å². The van der Waals surface area contributed by atoms with Gasteiger partial charge in [-0.2, -0.15) is 0 Å². The van der Waals surface area contributed by atoms with E-state index in [1.54, 1.807) is 7.05 Å². The molecule has 0 aromatic heterocycles. The molecular formula is C9H19N3O. The SMILES string of the molecule is CCN(C1CNC1)C(C)C(=O)NC. The van der Waals surface area contributed by atoms with E-state index in [9.17, 15) is 4.79 Å². The molecule has 13 heavy (non-hydrogen) atoms. The summed E-state index contributed by atoms with van der Waals surface area (Å²) in [7, 11) is 1.69. The molecule has 0 aromatic carbocycles. The zero-order valence-corrected chi connectivity index (χ0v) is 8.63. The van der Waals surface area contributed by atoms with Gasteiger partial charge in [0.1, 0.15) is 0 Å². The van der Waals surface area contributed by atoms with Crippen molar-refractivity contribution in [2.75, 3.05) is 26.7 Å². The molecule has 4 heteroatoms. The highest BCUT2D eigenvalue weighted by atomic mass is 16.2. The summed E-state index contributed by atoms with van der Waals surface area (Å²) in [4.78, 5) is 13.6. The topological polar surface area (TPSA) is 44.4 Å². The van der Waals surface area contributed by atoms with Gasteiger partial charge in [-0.05, 0) is 13.5 Å². The fraction of sp³-hybridized carbons (Fsp3) is 0.889. The van der Waals surface area contributed by atoms with Crippen LogP contribution in [0.5, 0.6) is 0 Å². The van der Waals surface area contributed by atoms with Crippen molar-refractivity contribution in [3.63, 3.8) is 0 Å². The first-order chi connectivity index (χ1) is 6.20. The van der Waals surface area contributed by atoms with Gasteiger partial charge in [0.25, 0.3) is 0 Å². The maximum absolute atomic E-state index is 11.4. The van der Waals surface area contributed by atoms with Crippen molar-refractivity contribution in [3.8, 4) is 0 Å². The average Bonchev–Trinajstić information content (AvgIpc) is 2.08. The van der Waals surface area contributed by atoms with Crippen LogP contribution in [0.25, 0.3) is 0 Å². The molecule has 1 fully saturated rings. The Balaban J connectivity index is 2.48. The van der Waals surface area contributed by atoms with Gasteiger partial charge in [0, 0.05) is 26.2 Å². The van der Waals surface area contributed by atoms with Crippen LogP contribution in [0, 0.1) is 0 Å². The van der Waals surface area contributed by atoms with Crippen LogP contribution in [0.4, 0.5) is 0 Å². The summed E-state index contributed by atoms with van der Waals surface area (Å²) in [6.45, 7) is 7.00. The van der Waals surface area contributed by atoms with Crippen molar-refractivity contribution in [2.24, 2.45) is 0 Å². The highest BCUT2D eigenvalue weighted by Crippen LogP contribution is 2.09. The molecule has 1 amide bonds.